The van der Waals surface area contributed by atoms with Gasteiger partial charge in [0.2, 0.25) is 0 Å². The lowest BCUT2D eigenvalue weighted by molar-refractivity contribution is 0.892. The van der Waals surface area contributed by atoms with E-state index in [1.165, 1.54) is 12.8 Å². The zero-order valence-corrected chi connectivity index (χ0v) is 12.2. The number of fused-ring (bicyclic) bond motifs is 1. The van der Waals surface area contributed by atoms with Crippen molar-refractivity contribution >= 4 is 28.5 Å². The van der Waals surface area contributed by atoms with E-state index >= 15 is 0 Å². The molecule has 1 aliphatic rings. The quantitative estimate of drug-likeness (QED) is 0.729. The molecule has 2 aromatic heterocycles. The van der Waals surface area contributed by atoms with E-state index in [2.05, 4.69) is 20.0 Å². The first-order valence-corrected chi connectivity index (χ1v) is 7.40. The van der Waals surface area contributed by atoms with Crippen LogP contribution in [-0.2, 0) is 0 Å². The van der Waals surface area contributed by atoms with Crippen LogP contribution in [-0.4, -0.2) is 32.8 Å². The first-order chi connectivity index (χ1) is 10.3. The van der Waals surface area contributed by atoms with Gasteiger partial charge in [0.1, 0.15) is 12.1 Å². The predicted octanol–water partition coefficient (Wildman–Crippen LogP) is 3.07. The maximum atomic E-state index is 6.07. The summed E-state index contributed by atoms with van der Waals surface area (Å²) in [6.45, 7) is 2.10. The summed E-state index contributed by atoms with van der Waals surface area (Å²) in [5.41, 5.74) is 1.72. The number of aromatic nitrogens is 4. The Balaban J connectivity index is 1.87. The molecule has 1 aliphatic heterocycles. The van der Waals surface area contributed by atoms with Crippen LogP contribution in [0.2, 0.25) is 5.02 Å². The molecule has 4 rings (SSSR count). The zero-order chi connectivity index (χ0) is 14.2. The summed E-state index contributed by atoms with van der Waals surface area (Å²) in [5, 5.41) is 6.14. The first-order valence-electron chi connectivity index (χ1n) is 7.02. The van der Waals surface area contributed by atoms with E-state index in [-0.39, 0.29) is 0 Å². The highest BCUT2D eigenvalue weighted by Gasteiger charge is 2.19. The SMILES string of the molecule is Clc1cccc(-n2ncc3c(N4CCCC4)ncnc32)c1. The highest BCUT2D eigenvalue weighted by molar-refractivity contribution is 6.30. The minimum Gasteiger partial charge on any atom is -0.356 e. The molecule has 6 heteroatoms. The van der Waals surface area contributed by atoms with Crippen LogP contribution < -0.4 is 4.90 Å². The summed E-state index contributed by atoms with van der Waals surface area (Å²) >= 11 is 6.07. The summed E-state index contributed by atoms with van der Waals surface area (Å²) in [7, 11) is 0. The number of hydrogen-bond donors (Lipinski definition) is 0. The van der Waals surface area contributed by atoms with Gasteiger partial charge in [-0.25, -0.2) is 14.6 Å². The second-order valence-corrected chi connectivity index (χ2v) is 5.60. The summed E-state index contributed by atoms with van der Waals surface area (Å²) in [6, 6.07) is 7.61. The topological polar surface area (TPSA) is 46.8 Å². The van der Waals surface area contributed by atoms with E-state index in [1.807, 2.05) is 35.1 Å². The Bertz CT molecular complexity index is 792. The largest absolute Gasteiger partial charge is 0.356 e. The number of nitrogens with zero attached hydrogens (tertiary/aromatic N) is 5. The summed E-state index contributed by atoms with van der Waals surface area (Å²) in [5.74, 6) is 0.978. The third-order valence-corrected chi connectivity index (χ3v) is 4.04. The molecule has 0 atom stereocenters. The van der Waals surface area contributed by atoms with Crippen molar-refractivity contribution in [1.82, 2.24) is 19.7 Å². The lowest BCUT2D eigenvalue weighted by Crippen LogP contribution is -2.19. The van der Waals surface area contributed by atoms with Crippen LogP contribution in [0.3, 0.4) is 0 Å². The molecule has 0 saturated carbocycles. The lowest BCUT2D eigenvalue weighted by Gasteiger charge is -2.16. The number of hydrogen-bond acceptors (Lipinski definition) is 4. The van der Waals surface area contributed by atoms with Gasteiger partial charge in [0, 0.05) is 18.1 Å². The minimum absolute atomic E-state index is 0.685. The van der Waals surface area contributed by atoms with Crippen molar-refractivity contribution in [3.63, 3.8) is 0 Å². The van der Waals surface area contributed by atoms with E-state index in [0.717, 1.165) is 35.6 Å². The molecular formula is C15H14ClN5. The standard InChI is InChI=1S/C15H14ClN5/c16-11-4-3-5-12(8-11)21-15-13(9-19-21)14(17-10-18-15)20-6-1-2-7-20/h3-5,8-10H,1-2,6-7H2. The van der Waals surface area contributed by atoms with Gasteiger partial charge in [-0.15, -0.1) is 0 Å². The molecule has 0 unspecified atom stereocenters. The number of halogens is 1. The zero-order valence-electron chi connectivity index (χ0n) is 11.4. The third-order valence-electron chi connectivity index (χ3n) is 3.80. The molecule has 0 bridgehead atoms. The van der Waals surface area contributed by atoms with Crippen LogP contribution >= 0.6 is 11.6 Å². The van der Waals surface area contributed by atoms with Gasteiger partial charge in [-0.1, -0.05) is 17.7 Å². The van der Waals surface area contributed by atoms with E-state index in [1.54, 1.807) is 6.33 Å². The van der Waals surface area contributed by atoms with Crippen LogP contribution in [0.25, 0.3) is 16.7 Å². The summed E-state index contributed by atoms with van der Waals surface area (Å²) < 4.78 is 1.81. The van der Waals surface area contributed by atoms with Gasteiger partial charge in [-0.05, 0) is 31.0 Å². The molecule has 0 aliphatic carbocycles. The Labute approximate surface area is 127 Å². The van der Waals surface area contributed by atoms with E-state index in [9.17, 15) is 0 Å². The summed E-state index contributed by atoms with van der Waals surface area (Å²) in [4.78, 5) is 11.1. The Morgan fingerprint density at radius 3 is 2.76 bits per heavy atom. The normalized spacial score (nSPS) is 15.0. The minimum atomic E-state index is 0.685. The average Bonchev–Trinajstić information content (AvgIpc) is 3.16. The van der Waals surface area contributed by atoms with Crippen molar-refractivity contribution in [2.75, 3.05) is 18.0 Å². The highest BCUT2D eigenvalue weighted by atomic mass is 35.5. The molecule has 0 spiro atoms. The predicted molar refractivity (Wildman–Crippen MR) is 83.1 cm³/mol. The van der Waals surface area contributed by atoms with Crippen LogP contribution in [0.4, 0.5) is 5.82 Å². The van der Waals surface area contributed by atoms with Gasteiger partial charge in [0.05, 0.1) is 17.3 Å². The number of rotatable bonds is 2. The number of anilines is 1. The molecule has 1 saturated heterocycles. The molecule has 21 heavy (non-hydrogen) atoms. The third kappa shape index (κ3) is 2.14. The molecule has 1 aromatic carbocycles. The van der Waals surface area contributed by atoms with Crippen molar-refractivity contribution in [2.45, 2.75) is 12.8 Å². The van der Waals surface area contributed by atoms with Crippen molar-refractivity contribution in [1.29, 1.82) is 0 Å². The fourth-order valence-electron chi connectivity index (χ4n) is 2.81. The van der Waals surface area contributed by atoms with E-state index in [0.29, 0.717) is 5.02 Å². The molecule has 3 aromatic rings. The molecule has 0 radical (unpaired) electrons. The van der Waals surface area contributed by atoms with E-state index in [4.69, 9.17) is 11.6 Å². The second-order valence-electron chi connectivity index (χ2n) is 5.16. The Kier molecular flexibility index (Phi) is 3.00. The Morgan fingerprint density at radius 1 is 1.10 bits per heavy atom. The fourth-order valence-corrected chi connectivity index (χ4v) is 2.99. The van der Waals surface area contributed by atoms with Crippen molar-refractivity contribution in [3.8, 4) is 5.69 Å². The molecule has 106 valence electrons. The average molecular weight is 300 g/mol. The maximum absolute atomic E-state index is 6.07. The molecule has 0 amide bonds. The number of benzene rings is 1. The first kappa shape index (κ1) is 12.6. The maximum Gasteiger partial charge on any atom is 0.168 e. The van der Waals surface area contributed by atoms with Gasteiger partial charge >= 0.3 is 0 Å². The van der Waals surface area contributed by atoms with Crippen molar-refractivity contribution < 1.29 is 0 Å². The Hall–Kier alpha value is -2.14. The van der Waals surface area contributed by atoms with Crippen LogP contribution in [0.5, 0.6) is 0 Å². The Morgan fingerprint density at radius 2 is 1.95 bits per heavy atom. The van der Waals surface area contributed by atoms with Gasteiger partial charge in [-0.3, -0.25) is 0 Å². The van der Waals surface area contributed by atoms with Crippen molar-refractivity contribution in [2.24, 2.45) is 0 Å². The fraction of sp³-hybridized carbons (Fsp3) is 0.267. The van der Waals surface area contributed by atoms with Gasteiger partial charge < -0.3 is 4.90 Å². The monoisotopic (exact) mass is 299 g/mol. The van der Waals surface area contributed by atoms with E-state index < -0.39 is 0 Å². The molecular weight excluding hydrogens is 286 g/mol. The second kappa shape index (κ2) is 5.00. The molecule has 3 heterocycles. The van der Waals surface area contributed by atoms with Crippen LogP contribution in [0.15, 0.2) is 36.8 Å². The highest BCUT2D eigenvalue weighted by Crippen LogP contribution is 2.27. The molecule has 5 nitrogen and oxygen atoms in total. The van der Waals surface area contributed by atoms with Gasteiger partial charge in [-0.2, -0.15) is 5.10 Å². The molecule has 0 N–H and O–H groups in total. The lowest BCUT2D eigenvalue weighted by atomic mass is 10.3. The smallest absolute Gasteiger partial charge is 0.168 e. The van der Waals surface area contributed by atoms with Crippen molar-refractivity contribution in [3.05, 3.63) is 41.8 Å². The molecule has 1 fully saturated rings. The van der Waals surface area contributed by atoms with Gasteiger partial charge in [0.15, 0.2) is 5.65 Å². The van der Waals surface area contributed by atoms with Gasteiger partial charge in [0.25, 0.3) is 0 Å². The summed E-state index contributed by atoms with van der Waals surface area (Å²) in [6.07, 6.45) is 5.88. The van der Waals surface area contributed by atoms with Crippen LogP contribution in [0.1, 0.15) is 12.8 Å². The van der Waals surface area contributed by atoms with Crippen LogP contribution in [0, 0.1) is 0 Å².